The molecule has 0 aliphatic rings. The fraction of sp³-hybridized carbons (Fsp3) is 0.833. The highest BCUT2D eigenvalue weighted by Gasteiger charge is 2.57. The van der Waals surface area contributed by atoms with Crippen LogP contribution < -0.4 is 11.5 Å². The van der Waals surface area contributed by atoms with Crippen molar-refractivity contribution < 1.29 is 23.1 Å². The van der Waals surface area contributed by atoms with E-state index in [-0.39, 0.29) is 25.4 Å². The second-order valence-corrected chi connectivity index (χ2v) is 2.67. The SMILES string of the molecule is Cl.NCCCC(N)(C(=O)O)C(F)(F)F. The number of hydrogen-bond acceptors (Lipinski definition) is 3. The number of alkyl halides is 3. The summed E-state index contributed by atoms with van der Waals surface area (Å²) in [6.45, 7) is -0.0255. The summed E-state index contributed by atoms with van der Waals surface area (Å²) in [6.07, 6.45) is -5.74. The van der Waals surface area contributed by atoms with E-state index in [0.717, 1.165) is 0 Å². The van der Waals surface area contributed by atoms with E-state index in [2.05, 4.69) is 0 Å². The Kier molecular flexibility index (Phi) is 6.11. The third-order valence-corrected chi connectivity index (χ3v) is 1.66. The largest absolute Gasteiger partial charge is 0.480 e. The van der Waals surface area contributed by atoms with E-state index in [1.165, 1.54) is 0 Å². The van der Waals surface area contributed by atoms with Gasteiger partial charge >= 0.3 is 12.1 Å². The van der Waals surface area contributed by atoms with Crippen molar-refractivity contribution in [2.75, 3.05) is 6.54 Å². The average molecular weight is 237 g/mol. The normalized spacial score (nSPS) is 15.5. The Morgan fingerprint density at radius 2 is 1.79 bits per heavy atom. The van der Waals surface area contributed by atoms with Crippen molar-refractivity contribution in [3.8, 4) is 0 Å². The van der Waals surface area contributed by atoms with Gasteiger partial charge in [0.25, 0.3) is 0 Å². The Morgan fingerprint density at radius 3 is 2.00 bits per heavy atom. The highest BCUT2D eigenvalue weighted by molar-refractivity contribution is 5.85. The van der Waals surface area contributed by atoms with Crippen LogP contribution in [0.3, 0.4) is 0 Å². The van der Waals surface area contributed by atoms with Crippen LogP contribution in [0.4, 0.5) is 13.2 Å². The first-order valence-corrected chi connectivity index (χ1v) is 3.55. The number of rotatable bonds is 4. The summed E-state index contributed by atoms with van der Waals surface area (Å²) < 4.78 is 36.4. The lowest BCUT2D eigenvalue weighted by molar-refractivity contribution is -0.203. The van der Waals surface area contributed by atoms with Gasteiger partial charge in [-0.05, 0) is 19.4 Å². The zero-order valence-corrected chi connectivity index (χ0v) is 7.99. The lowest BCUT2D eigenvalue weighted by Crippen LogP contribution is -2.59. The highest BCUT2D eigenvalue weighted by Crippen LogP contribution is 2.31. The van der Waals surface area contributed by atoms with Gasteiger partial charge < -0.3 is 16.6 Å². The maximum atomic E-state index is 12.1. The van der Waals surface area contributed by atoms with Gasteiger partial charge in [0, 0.05) is 0 Å². The topological polar surface area (TPSA) is 89.3 Å². The van der Waals surface area contributed by atoms with Crippen LogP contribution >= 0.6 is 12.4 Å². The third-order valence-electron chi connectivity index (χ3n) is 1.66. The first-order chi connectivity index (χ1) is 5.75. The van der Waals surface area contributed by atoms with Crippen LogP contribution in [0.25, 0.3) is 0 Å². The highest BCUT2D eigenvalue weighted by atomic mass is 35.5. The fourth-order valence-electron chi connectivity index (χ4n) is 0.751. The Hall–Kier alpha value is -0.530. The molecule has 0 aliphatic heterocycles. The van der Waals surface area contributed by atoms with Crippen LogP contribution in [0.1, 0.15) is 12.8 Å². The number of carboxylic acids is 1. The zero-order chi connectivity index (χ0) is 10.7. The van der Waals surface area contributed by atoms with Crippen molar-refractivity contribution in [1.29, 1.82) is 0 Å². The smallest absolute Gasteiger partial charge is 0.417 e. The summed E-state index contributed by atoms with van der Waals surface area (Å²) in [4.78, 5) is 10.3. The monoisotopic (exact) mass is 236 g/mol. The van der Waals surface area contributed by atoms with E-state index >= 15 is 0 Å². The van der Waals surface area contributed by atoms with Crippen LogP contribution in [-0.2, 0) is 4.79 Å². The standard InChI is InChI=1S/C6H11F3N2O2.ClH/c7-6(8,9)5(11,4(12)13)2-1-3-10;/h1-3,10-11H2,(H,12,13);1H. The van der Waals surface area contributed by atoms with Gasteiger partial charge in [-0.3, -0.25) is 0 Å². The molecule has 8 heteroatoms. The van der Waals surface area contributed by atoms with E-state index in [9.17, 15) is 18.0 Å². The molecule has 1 atom stereocenters. The van der Waals surface area contributed by atoms with Crippen LogP contribution in [0.5, 0.6) is 0 Å². The molecule has 0 rings (SSSR count). The molecule has 0 spiro atoms. The lowest BCUT2D eigenvalue weighted by atomic mass is 9.94. The van der Waals surface area contributed by atoms with Crippen LogP contribution in [0.2, 0.25) is 0 Å². The summed E-state index contributed by atoms with van der Waals surface area (Å²) in [5.74, 6) is -2.08. The summed E-state index contributed by atoms with van der Waals surface area (Å²) in [6, 6.07) is 0. The lowest BCUT2D eigenvalue weighted by Gasteiger charge is -2.26. The summed E-state index contributed by atoms with van der Waals surface area (Å²) in [5.41, 5.74) is 6.51. The van der Waals surface area contributed by atoms with E-state index in [1.54, 1.807) is 0 Å². The molecule has 4 nitrogen and oxygen atoms in total. The van der Waals surface area contributed by atoms with E-state index in [4.69, 9.17) is 16.6 Å². The average Bonchev–Trinajstić information content (AvgIpc) is 1.97. The molecule has 0 saturated heterocycles. The Balaban J connectivity index is 0. The Morgan fingerprint density at radius 1 is 1.36 bits per heavy atom. The number of aliphatic carboxylic acids is 1. The van der Waals surface area contributed by atoms with Crippen molar-refractivity contribution in [3.63, 3.8) is 0 Å². The molecule has 0 aromatic carbocycles. The molecular weight excluding hydrogens is 225 g/mol. The number of halogens is 4. The van der Waals surface area contributed by atoms with Gasteiger partial charge in [-0.1, -0.05) is 0 Å². The number of hydrogen-bond donors (Lipinski definition) is 3. The van der Waals surface area contributed by atoms with Gasteiger partial charge in [-0.25, -0.2) is 4.79 Å². The van der Waals surface area contributed by atoms with E-state index in [0.29, 0.717) is 0 Å². The maximum absolute atomic E-state index is 12.1. The van der Waals surface area contributed by atoms with Crippen LogP contribution in [0, 0.1) is 0 Å². The second-order valence-electron chi connectivity index (χ2n) is 2.67. The number of carbonyl (C=O) groups is 1. The van der Waals surface area contributed by atoms with Crippen molar-refractivity contribution in [2.24, 2.45) is 11.5 Å². The molecule has 0 bridgehead atoms. The predicted octanol–water partition coefficient (Wildman–Crippen LogP) is 0.491. The van der Waals surface area contributed by atoms with Crippen molar-refractivity contribution in [1.82, 2.24) is 0 Å². The maximum Gasteiger partial charge on any atom is 0.417 e. The van der Waals surface area contributed by atoms with E-state index < -0.39 is 24.1 Å². The minimum Gasteiger partial charge on any atom is -0.480 e. The van der Waals surface area contributed by atoms with E-state index in [1.807, 2.05) is 0 Å². The number of carboxylic acid groups (broad SMARTS) is 1. The van der Waals surface area contributed by atoms with Crippen LogP contribution in [0.15, 0.2) is 0 Å². The minimum atomic E-state index is -4.95. The first kappa shape index (κ1) is 15.9. The fourth-order valence-corrected chi connectivity index (χ4v) is 0.751. The van der Waals surface area contributed by atoms with Gasteiger partial charge in [-0.2, -0.15) is 13.2 Å². The second kappa shape index (κ2) is 5.38. The van der Waals surface area contributed by atoms with Gasteiger partial charge in [0.05, 0.1) is 0 Å². The van der Waals surface area contributed by atoms with Gasteiger partial charge in [0.2, 0.25) is 5.54 Å². The van der Waals surface area contributed by atoms with Crippen molar-refractivity contribution >= 4 is 18.4 Å². The third kappa shape index (κ3) is 3.32. The molecule has 86 valence electrons. The molecule has 0 aromatic rings. The summed E-state index contributed by atoms with van der Waals surface area (Å²) >= 11 is 0. The zero-order valence-electron chi connectivity index (χ0n) is 7.17. The van der Waals surface area contributed by atoms with Gasteiger partial charge in [-0.15, -0.1) is 12.4 Å². The molecule has 14 heavy (non-hydrogen) atoms. The molecule has 0 radical (unpaired) electrons. The number of nitrogens with two attached hydrogens (primary N) is 2. The Labute approximate surface area is 84.8 Å². The molecule has 0 amide bonds. The molecule has 0 fully saturated rings. The summed E-state index contributed by atoms with van der Waals surface area (Å²) in [5, 5.41) is 8.31. The van der Waals surface area contributed by atoms with Crippen molar-refractivity contribution in [2.45, 2.75) is 24.6 Å². The Bertz CT molecular complexity index is 200. The molecule has 0 heterocycles. The molecule has 0 aliphatic carbocycles. The predicted molar refractivity (Wildman–Crippen MR) is 46.1 cm³/mol. The molecule has 1 unspecified atom stereocenters. The van der Waals surface area contributed by atoms with Gasteiger partial charge in [0.15, 0.2) is 0 Å². The molecule has 0 aromatic heterocycles. The minimum absolute atomic E-state index is 0. The van der Waals surface area contributed by atoms with Crippen LogP contribution in [-0.4, -0.2) is 29.3 Å². The van der Waals surface area contributed by atoms with Gasteiger partial charge in [0.1, 0.15) is 0 Å². The quantitative estimate of drug-likeness (QED) is 0.663. The first-order valence-electron chi connectivity index (χ1n) is 3.55. The van der Waals surface area contributed by atoms with Crippen molar-refractivity contribution in [3.05, 3.63) is 0 Å². The molecular formula is C6H12ClF3N2O2. The molecule has 5 N–H and O–H groups in total. The molecule has 0 saturated carbocycles. The summed E-state index contributed by atoms with van der Waals surface area (Å²) in [7, 11) is 0.